The minimum absolute atomic E-state index is 0.307. The topological polar surface area (TPSA) is 90.5 Å². The number of hydrogen-bond acceptors (Lipinski definition) is 3. The van der Waals surface area contributed by atoms with Crippen LogP contribution in [0, 0.1) is 5.53 Å². The predicted molar refractivity (Wildman–Crippen MR) is 65.0 cm³/mol. The van der Waals surface area contributed by atoms with Crippen LogP contribution in [0.1, 0.15) is 0 Å². The maximum absolute atomic E-state index is 10.6. The molecule has 2 aromatic rings. The summed E-state index contributed by atoms with van der Waals surface area (Å²) in [7, 11) is -2.50. The number of rotatable bonds is 2. The van der Waals surface area contributed by atoms with Gasteiger partial charge in [-0.15, -0.1) is 0 Å². The van der Waals surface area contributed by atoms with Gasteiger partial charge in [0.2, 0.25) is 0 Å². The van der Waals surface area contributed by atoms with E-state index >= 15 is 0 Å². The van der Waals surface area contributed by atoms with Gasteiger partial charge in [0.1, 0.15) is 0 Å². The van der Waals surface area contributed by atoms with E-state index in [0.29, 0.717) is 11.2 Å². The second kappa shape index (κ2) is 5.39. The Morgan fingerprint density at radius 1 is 1.17 bits per heavy atom. The molecule has 0 atom stereocenters. The molecule has 0 saturated heterocycles. The van der Waals surface area contributed by atoms with Crippen molar-refractivity contribution in [1.82, 2.24) is 4.57 Å². The molecular weight excluding hydrogens is 252 g/mol. The van der Waals surface area contributed by atoms with E-state index in [4.69, 9.17) is 5.53 Å². The van der Waals surface area contributed by atoms with Gasteiger partial charge in [0.05, 0.1) is 0 Å². The molecule has 1 aromatic carbocycles. The van der Waals surface area contributed by atoms with Crippen LogP contribution < -0.4 is 5.49 Å². The summed E-state index contributed by atoms with van der Waals surface area (Å²) in [5, 5.41) is 3.29. The van der Waals surface area contributed by atoms with E-state index in [-0.39, 0.29) is 0 Å². The van der Waals surface area contributed by atoms with E-state index in [1.807, 2.05) is 0 Å². The van der Waals surface area contributed by atoms with Crippen molar-refractivity contribution >= 4 is 16.4 Å². The van der Waals surface area contributed by atoms with Crippen LogP contribution in [0.15, 0.2) is 58.2 Å². The SMILES string of the molecule is N=Nc1ccc(-n2ccccc2=NS(=O)#[O+])cc1. The average molecular weight is 261 g/mol. The minimum atomic E-state index is -2.50. The third kappa shape index (κ3) is 2.70. The van der Waals surface area contributed by atoms with Gasteiger partial charge >= 0.3 is 104 Å². The van der Waals surface area contributed by atoms with Crippen molar-refractivity contribution in [3.05, 3.63) is 54.1 Å². The first-order chi connectivity index (χ1) is 8.70. The fourth-order valence-corrected chi connectivity index (χ4v) is 1.79. The molecule has 90 valence electrons. The van der Waals surface area contributed by atoms with Crippen LogP contribution >= 0.6 is 0 Å². The fraction of sp³-hybridized carbons (Fsp3) is 0. The van der Waals surface area contributed by atoms with E-state index in [9.17, 15) is 8.25 Å². The Hall–Kier alpha value is -2.25. The Labute approximate surface area is 105 Å². The Balaban J connectivity index is 2.61. The first kappa shape index (κ1) is 12.2. The van der Waals surface area contributed by atoms with Crippen molar-refractivity contribution in [2.45, 2.75) is 0 Å². The monoisotopic (exact) mass is 261 g/mol. The summed E-state index contributed by atoms with van der Waals surface area (Å²) in [6.07, 6.45) is 1.71. The van der Waals surface area contributed by atoms with Crippen LogP contribution in [0.2, 0.25) is 0 Å². The quantitative estimate of drug-likeness (QED) is 0.650. The molecule has 0 aliphatic carbocycles. The van der Waals surface area contributed by atoms with Crippen LogP contribution in [0.5, 0.6) is 0 Å². The van der Waals surface area contributed by atoms with Gasteiger partial charge < -0.3 is 0 Å². The van der Waals surface area contributed by atoms with Crippen molar-refractivity contribution in [1.29, 1.82) is 5.53 Å². The summed E-state index contributed by atoms with van der Waals surface area (Å²) in [5.41, 5.74) is 8.45. The normalized spacial score (nSPS) is 11.2. The number of aromatic nitrogens is 1. The van der Waals surface area contributed by atoms with Crippen molar-refractivity contribution in [3.63, 3.8) is 0 Å². The first-order valence-corrected chi connectivity index (χ1v) is 6.03. The molecule has 6 nitrogen and oxygen atoms in total. The molecule has 1 aromatic heterocycles. The Kier molecular flexibility index (Phi) is 3.66. The zero-order valence-corrected chi connectivity index (χ0v) is 10.0. The summed E-state index contributed by atoms with van der Waals surface area (Å²) in [6, 6.07) is 11.9. The molecule has 0 radical (unpaired) electrons. The van der Waals surface area contributed by atoms with Crippen LogP contribution in [0.3, 0.4) is 0 Å². The molecule has 2 rings (SSSR count). The molecule has 0 unspecified atom stereocenters. The van der Waals surface area contributed by atoms with Crippen LogP contribution in [0.4, 0.5) is 5.69 Å². The fourth-order valence-electron chi connectivity index (χ4n) is 1.49. The second-order valence-corrected chi connectivity index (χ2v) is 3.98. The molecule has 0 spiro atoms. The molecule has 0 fully saturated rings. The van der Waals surface area contributed by atoms with E-state index in [1.165, 1.54) is 0 Å². The summed E-state index contributed by atoms with van der Waals surface area (Å²) in [4.78, 5) is 0. The molecule has 0 aliphatic heterocycles. The van der Waals surface area contributed by atoms with Crippen molar-refractivity contribution in [3.8, 4) is 5.69 Å². The zero-order valence-electron chi connectivity index (χ0n) is 9.19. The van der Waals surface area contributed by atoms with Gasteiger partial charge in [-0.2, -0.15) is 0 Å². The Morgan fingerprint density at radius 2 is 1.89 bits per heavy atom. The van der Waals surface area contributed by atoms with Gasteiger partial charge in [-0.3, -0.25) is 0 Å². The average Bonchev–Trinajstić information content (AvgIpc) is 2.39. The van der Waals surface area contributed by atoms with E-state index in [0.717, 1.165) is 5.69 Å². The van der Waals surface area contributed by atoms with Crippen molar-refractivity contribution in [2.75, 3.05) is 0 Å². The van der Waals surface area contributed by atoms with Crippen molar-refractivity contribution in [2.24, 2.45) is 9.51 Å². The molecular formula is C11H9N4O2S+. The van der Waals surface area contributed by atoms with E-state index in [2.05, 4.69) is 9.51 Å². The van der Waals surface area contributed by atoms with E-state index in [1.54, 1.807) is 53.2 Å². The number of benzene rings is 1. The Morgan fingerprint density at radius 3 is 2.50 bits per heavy atom. The van der Waals surface area contributed by atoms with E-state index < -0.39 is 10.7 Å². The molecule has 18 heavy (non-hydrogen) atoms. The summed E-state index contributed by atoms with van der Waals surface area (Å²) >= 11 is 0. The molecule has 0 saturated carbocycles. The first-order valence-electron chi connectivity index (χ1n) is 5.00. The number of nitrogens with one attached hydrogen (secondary N) is 1. The number of hydrogen-bond donors (Lipinski definition) is 1. The summed E-state index contributed by atoms with van der Waals surface area (Å²) < 4.78 is 26.4. The molecule has 7 heteroatoms. The standard InChI is InChI=1S/C11H9N4O2S/c12-13-9-4-6-10(7-5-9)15-8-2-1-3-11(15)14-18(16)17/h1-8,12H/q+1. The molecule has 1 heterocycles. The van der Waals surface area contributed by atoms with Gasteiger partial charge in [0.25, 0.3) is 0 Å². The summed E-state index contributed by atoms with van der Waals surface area (Å²) in [5.74, 6) is 0. The molecule has 0 bridgehead atoms. The third-order valence-electron chi connectivity index (χ3n) is 2.26. The van der Waals surface area contributed by atoms with Gasteiger partial charge in [0.15, 0.2) is 0 Å². The van der Waals surface area contributed by atoms with Gasteiger partial charge in [-0.05, 0) is 0 Å². The van der Waals surface area contributed by atoms with Gasteiger partial charge in [-0.25, -0.2) is 0 Å². The van der Waals surface area contributed by atoms with Crippen LogP contribution in [0.25, 0.3) is 5.69 Å². The Bertz CT molecular complexity index is 759. The zero-order chi connectivity index (χ0) is 13.0. The van der Waals surface area contributed by atoms with Crippen LogP contribution in [-0.4, -0.2) is 8.78 Å². The molecule has 0 amide bonds. The number of nitrogens with zero attached hydrogens (tertiary/aromatic N) is 3. The maximum atomic E-state index is 10.6. The van der Waals surface area contributed by atoms with Gasteiger partial charge in [0, 0.05) is 0 Å². The third-order valence-corrected chi connectivity index (χ3v) is 2.60. The summed E-state index contributed by atoms with van der Waals surface area (Å²) in [6.45, 7) is 0. The molecule has 1 N–H and O–H groups in total. The number of pyridine rings is 1. The van der Waals surface area contributed by atoms with Gasteiger partial charge in [-0.1, -0.05) is 0 Å². The second-order valence-electron chi connectivity index (χ2n) is 3.37. The van der Waals surface area contributed by atoms with Crippen molar-refractivity contribution < 1.29 is 8.25 Å². The predicted octanol–water partition coefficient (Wildman–Crippen LogP) is 2.05. The molecule has 0 aliphatic rings. The van der Waals surface area contributed by atoms with Crippen LogP contribution in [-0.2, 0) is 14.8 Å².